The summed E-state index contributed by atoms with van der Waals surface area (Å²) in [5, 5.41) is 10.2. The lowest BCUT2D eigenvalue weighted by Crippen LogP contribution is -2.60. The standard InChI is InChI=1S/C14H26N2O/c1-11-9-15-8-4-5-12(15)10-16(11)13-6-2-3-7-14(13)17/h11-14,17H,2-10H2,1H3/t11?,12?,13-,14-/m1/s1. The predicted octanol–water partition coefficient (Wildman–Crippen LogP) is 1.46. The van der Waals surface area contributed by atoms with Crippen LogP contribution in [0.1, 0.15) is 45.4 Å². The highest BCUT2D eigenvalue weighted by atomic mass is 16.3. The number of aliphatic hydroxyl groups excluding tert-OH is 1. The first kappa shape index (κ1) is 11.9. The van der Waals surface area contributed by atoms with Gasteiger partial charge in [0.15, 0.2) is 0 Å². The lowest BCUT2D eigenvalue weighted by molar-refractivity contribution is -0.0392. The summed E-state index contributed by atoms with van der Waals surface area (Å²) in [4.78, 5) is 5.28. The van der Waals surface area contributed by atoms with Gasteiger partial charge in [0, 0.05) is 31.2 Å². The van der Waals surface area contributed by atoms with Gasteiger partial charge < -0.3 is 5.11 Å². The summed E-state index contributed by atoms with van der Waals surface area (Å²) in [6.45, 7) is 6.06. The molecule has 98 valence electrons. The molecular weight excluding hydrogens is 212 g/mol. The second-order valence-corrected chi connectivity index (χ2v) is 6.26. The average molecular weight is 238 g/mol. The molecule has 1 aliphatic carbocycles. The molecular formula is C14H26N2O. The average Bonchev–Trinajstić information content (AvgIpc) is 2.76. The van der Waals surface area contributed by atoms with Gasteiger partial charge in [-0.3, -0.25) is 9.80 Å². The molecule has 3 fully saturated rings. The minimum atomic E-state index is -0.0702. The fourth-order valence-corrected chi connectivity index (χ4v) is 4.15. The van der Waals surface area contributed by atoms with E-state index in [1.54, 1.807) is 0 Å². The van der Waals surface area contributed by atoms with E-state index < -0.39 is 0 Å². The van der Waals surface area contributed by atoms with E-state index in [0.29, 0.717) is 12.1 Å². The molecule has 0 spiro atoms. The molecule has 0 amide bonds. The van der Waals surface area contributed by atoms with Crippen molar-refractivity contribution in [3.05, 3.63) is 0 Å². The van der Waals surface area contributed by atoms with Crippen molar-refractivity contribution >= 4 is 0 Å². The van der Waals surface area contributed by atoms with Gasteiger partial charge in [0.25, 0.3) is 0 Å². The van der Waals surface area contributed by atoms with E-state index >= 15 is 0 Å². The Labute approximate surface area is 105 Å². The molecule has 2 unspecified atom stereocenters. The topological polar surface area (TPSA) is 26.7 Å². The summed E-state index contributed by atoms with van der Waals surface area (Å²) in [5.41, 5.74) is 0. The monoisotopic (exact) mass is 238 g/mol. The van der Waals surface area contributed by atoms with Crippen LogP contribution >= 0.6 is 0 Å². The zero-order valence-electron chi connectivity index (χ0n) is 11.0. The maximum Gasteiger partial charge on any atom is 0.0695 e. The molecule has 0 radical (unpaired) electrons. The molecule has 2 heterocycles. The molecule has 3 heteroatoms. The van der Waals surface area contributed by atoms with Gasteiger partial charge in [-0.25, -0.2) is 0 Å². The third-order valence-corrected chi connectivity index (χ3v) is 5.11. The van der Waals surface area contributed by atoms with Crippen LogP contribution in [0.25, 0.3) is 0 Å². The molecule has 3 aliphatic rings. The second-order valence-electron chi connectivity index (χ2n) is 6.26. The predicted molar refractivity (Wildman–Crippen MR) is 69.0 cm³/mol. The number of nitrogens with zero attached hydrogens (tertiary/aromatic N) is 2. The molecule has 2 aliphatic heterocycles. The van der Waals surface area contributed by atoms with Crippen LogP contribution < -0.4 is 0 Å². The largest absolute Gasteiger partial charge is 0.391 e. The maximum absolute atomic E-state index is 10.2. The summed E-state index contributed by atoms with van der Waals surface area (Å²) in [7, 11) is 0. The van der Waals surface area contributed by atoms with Crippen molar-refractivity contribution < 1.29 is 5.11 Å². The van der Waals surface area contributed by atoms with Crippen molar-refractivity contribution in [3.63, 3.8) is 0 Å². The van der Waals surface area contributed by atoms with Crippen LogP contribution in [0.15, 0.2) is 0 Å². The van der Waals surface area contributed by atoms with Crippen molar-refractivity contribution in [2.45, 2.75) is 69.7 Å². The van der Waals surface area contributed by atoms with Gasteiger partial charge in [0.05, 0.1) is 6.10 Å². The minimum Gasteiger partial charge on any atom is -0.391 e. The molecule has 1 saturated carbocycles. The smallest absolute Gasteiger partial charge is 0.0695 e. The summed E-state index contributed by atoms with van der Waals surface area (Å²) < 4.78 is 0. The van der Waals surface area contributed by atoms with E-state index in [9.17, 15) is 5.11 Å². The Hall–Kier alpha value is -0.120. The van der Waals surface area contributed by atoms with Crippen LogP contribution in [0, 0.1) is 0 Å². The lowest BCUT2D eigenvalue weighted by Gasteiger charge is -2.48. The van der Waals surface area contributed by atoms with Crippen molar-refractivity contribution in [1.29, 1.82) is 0 Å². The SMILES string of the molecule is CC1CN2CCCC2CN1[C@@H]1CCCC[C@H]1O. The first-order chi connectivity index (χ1) is 8.25. The molecule has 3 nitrogen and oxygen atoms in total. The second kappa shape index (κ2) is 4.87. The highest BCUT2D eigenvalue weighted by Gasteiger charge is 2.39. The molecule has 0 aromatic rings. The van der Waals surface area contributed by atoms with Gasteiger partial charge in [-0.1, -0.05) is 12.8 Å². The van der Waals surface area contributed by atoms with Crippen LogP contribution in [0.4, 0.5) is 0 Å². The van der Waals surface area contributed by atoms with Crippen LogP contribution in [0.5, 0.6) is 0 Å². The molecule has 17 heavy (non-hydrogen) atoms. The van der Waals surface area contributed by atoms with E-state index in [2.05, 4.69) is 16.7 Å². The number of rotatable bonds is 1. The molecule has 0 aromatic heterocycles. The van der Waals surface area contributed by atoms with Gasteiger partial charge in [-0.05, 0) is 39.2 Å². The molecule has 1 N–H and O–H groups in total. The van der Waals surface area contributed by atoms with E-state index in [1.807, 2.05) is 0 Å². The first-order valence-electron chi connectivity index (χ1n) is 7.43. The Kier molecular flexibility index (Phi) is 3.42. The number of fused-ring (bicyclic) bond motifs is 1. The highest BCUT2D eigenvalue weighted by Crippen LogP contribution is 2.30. The molecule has 0 bridgehead atoms. The van der Waals surface area contributed by atoms with Crippen LogP contribution in [-0.4, -0.2) is 58.8 Å². The Morgan fingerprint density at radius 2 is 1.82 bits per heavy atom. The van der Waals surface area contributed by atoms with Crippen molar-refractivity contribution in [1.82, 2.24) is 9.80 Å². The van der Waals surface area contributed by atoms with Crippen molar-refractivity contribution in [2.75, 3.05) is 19.6 Å². The number of piperazine rings is 1. The zero-order chi connectivity index (χ0) is 11.8. The fourth-order valence-electron chi connectivity index (χ4n) is 4.15. The third kappa shape index (κ3) is 2.25. The lowest BCUT2D eigenvalue weighted by atomic mass is 9.89. The van der Waals surface area contributed by atoms with Gasteiger partial charge in [-0.2, -0.15) is 0 Å². The Morgan fingerprint density at radius 1 is 1.00 bits per heavy atom. The van der Waals surface area contributed by atoms with Gasteiger partial charge >= 0.3 is 0 Å². The van der Waals surface area contributed by atoms with E-state index in [-0.39, 0.29) is 6.10 Å². The molecule has 4 atom stereocenters. The van der Waals surface area contributed by atoms with Crippen molar-refractivity contribution in [3.8, 4) is 0 Å². The quantitative estimate of drug-likeness (QED) is 0.749. The van der Waals surface area contributed by atoms with Crippen molar-refractivity contribution in [2.24, 2.45) is 0 Å². The fraction of sp³-hybridized carbons (Fsp3) is 1.00. The Bertz CT molecular complexity index is 271. The summed E-state index contributed by atoms with van der Waals surface area (Å²) >= 11 is 0. The summed E-state index contributed by atoms with van der Waals surface area (Å²) in [6.07, 6.45) is 7.42. The van der Waals surface area contributed by atoms with E-state index in [4.69, 9.17) is 0 Å². The van der Waals surface area contributed by atoms with Gasteiger partial charge in [0.2, 0.25) is 0 Å². The van der Waals surface area contributed by atoms with Crippen LogP contribution in [-0.2, 0) is 0 Å². The maximum atomic E-state index is 10.2. The third-order valence-electron chi connectivity index (χ3n) is 5.11. The van der Waals surface area contributed by atoms with Crippen LogP contribution in [0.2, 0.25) is 0 Å². The van der Waals surface area contributed by atoms with Gasteiger partial charge in [-0.15, -0.1) is 0 Å². The summed E-state index contributed by atoms with van der Waals surface area (Å²) in [5.74, 6) is 0. The Morgan fingerprint density at radius 3 is 2.65 bits per heavy atom. The van der Waals surface area contributed by atoms with Gasteiger partial charge in [0.1, 0.15) is 0 Å². The molecule has 3 rings (SSSR count). The number of aliphatic hydroxyl groups is 1. The molecule has 2 saturated heterocycles. The number of hydrogen-bond donors (Lipinski definition) is 1. The molecule has 0 aromatic carbocycles. The normalized spacial score (nSPS) is 44.8. The van der Waals surface area contributed by atoms with E-state index in [0.717, 1.165) is 12.5 Å². The zero-order valence-corrected chi connectivity index (χ0v) is 11.0. The first-order valence-corrected chi connectivity index (χ1v) is 7.43. The highest BCUT2D eigenvalue weighted by molar-refractivity contribution is 4.95. The van der Waals surface area contributed by atoms with E-state index in [1.165, 1.54) is 51.7 Å². The van der Waals surface area contributed by atoms with Crippen LogP contribution in [0.3, 0.4) is 0 Å². The number of hydrogen-bond acceptors (Lipinski definition) is 3. The Balaban J connectivity index is 1.69. The summed E-state index contributed by atoms with van der Waals surface area (Å²) in [6, 6.07) is 1.85. The minimum absolute atomic E-state index is 0.0702.